The van der Waals surface area contributed by atoms with Crippen LogP contribution in [0.4, 0.5) is 4.39 Å². The molecule has 1 aliphatic rings. The van der Waals surface area contributed by atoms with Crippen molar-refractivity contribution >= 4 is 12.4 Å². The summed E-state index contributed by atoms with van der Waals surface area (Å²) >= 11 is 0. The van der Waals surface area contributed by atoms with Gasteiger partial charge in [0.1, 0.15) is 5.82 Å². The van der Waals surface area contributed by atoms with Crippen LogP contribution in [0.25, 0.3) is 23.0 Å². The summed E-state index contributed by atoms with van der Waals surface area (Å²) in [5.41, 5.74) is 2.84. The minimum absolute atomic E-state index is 0. The number of nitrogens with one attached hydrogen (secondary N) is 2. The molecule has 24 heavy (non-hydrogen) atoms. The number of hydrogen-bond acceptors (Lipinski definition) is 5. The summed E-state index contributed by atoms with van der Waals surface area (Å²) in [5.74, 6) is 0.829. The van der Waals surface area contributed by atoms with Crippen LogP contribution >= 0.6 is 12.4 Å². The second kappa shape index (κ2) is 6.70. The van der Waals surface area contributed by atoms with Crippen LogP contribution in [0.1, 0.15) is 23.6 Å². The molecule has 3 heterocycles. The number of hydrogen-bond donors (Lipinski definition) is 2. The zero-order chi connectivity index (χ0) is 15.8. The first kappa shape index (κ1) is 16.6. The predicted octanol–water partition coefficient (Wildman–Crippen LogP) is 3.07. The largest absolute Gasteiger partial charge is 0.332 e. The van der Waals surface area contributed by atoms with E-state index in [-0.39, 0.29) is 18.2 Å². The van der Waals surface area contributed by atoms with Gasteiger partial charge >= 0.3 is 0 Å². The van der Waals surface area contributed by atoms with E-state index in [1.807, 2.05) is 6.07 Å². The van der Waals surface area contributed by atoms with Crippen molar-refractivity contribution in [2.45, 2.75) is 19.3 Å². The van der Waals surface area contributed by atoms with Crippen LogP contribution in [-0.4, -0.2) is 33.4 Å². The molecule has 1 saturated heterocycles. The Kier molecular flexibility index (Phi) is 4.64. The second-order valence-corrected chi connectivity index (χ2v) is 5.79. The highest BCUT2D eigenvalue weighted by Gasteiger charge is 2.21. The van der Waals surface area contributed by atoms with Crippen LogP contribution in [-0.2, 0) is 0 Å². The Labute approximate surface area is 144 Å². The van der Waals surface area contributed by atoms with Gasteiger partial charge in [-0.25, -0.2) is 4.39 Å². The summed E-state index contributed by atoms with van der Waals surface area (Å²) in [6.07, 6.45) is 1.08. The molecule has 0 radical (unpaired) electrons. The van der Waals surface area contributed by atoms with Gasteiger partial charge in [-0.1, -0.05) is 17.3 Å². The third kappa shape index (κ3) is 3.05. The van der Waals surface area contributed by atoms with Crippen molar-refractivity contribution in [1.29, 1.82) is 0 Å². The third-order valence-electron chi connectivity index (χ3n) is 4.17. The second-order valence-electron chi connectivity index (χ2n) is 5.79. The van der Waals surface area contributed by atoms with Crippen molar-refractivity contribution in [3.05, 3.63) is 41.3 Å². The third-order valence-corrected chi connectivity index (χ3v) is 4.17. The lowest BCUT2D eigenvalue weighted by molar-refractivity contribution is 0.431. The van der Waals surface area contributed by atoms with E-state index in [0.717, 1.165) is 25.2 Å². The molecule has 1 aromatic carbocycles. The molecule has 1 aliphatic heterocycles. The normalized spacial score (nSPS) is 17.0. The van der Waals surface area contributed by atoms with E-state index >= 15 is 0 Å². The average Bonchev–Trinajstić information content (AvgIpc) is 3.30. The van der Waals surface area contributed by atoms with Gasteiger partial charge in [0, 0.05) is 23.7 Å². The van der Waals surface area contributed by atoms with Crippen LogP contribution in [0.2, 0.25) is 0 Å². The fourth-order valence-corrected chi connectivity index (χ4v) is 2.75. The molecule has 2 N–H and O–H groups in total. The standard InChI is InChI=1S/C16H16FN5O.ClH/c1-9-2-3-10(6-12(9)17)15-19-16(23-22-15)14-7-13(20-21-14)11-4-5-18-8-11;/h2-3,6-7,11,18H,4-5,8H2,1H3,(H,20,21);1H. The van der Waals surface area contributed by atoms with Crippen LogP contribution in [0.3, 0.4) is 0 Å². The molecule has 4 rings (SSSR count). The van der Waals surface area contributed by atoms with E-state index in [0.29, 0.717) is 34.5 Å². The molecule has 1 atom stereocenters. The first-order valence-corrected chi connectivity index (χ1v) is 7.57. The van der Waals surface area contributed by atoms with E-state index in [1.54, 1.807) is 19.1 Å². The maximum atomic E-state index is 13.7. The molecule has 0 saturated carbocycles. The Morgan fingerprint density at radius 2 is 2.17 bits per heavy atom. The van der Waals surface area contributed by atoms with E-state index in [4.69, 9.17) is 4.52 Å². The van der Waals surface area contributed by atoms with Gasteiger partial charge in [-0.2, -0.15) is 10.1 Å². The number of aryl methyl sites for hydroxylation is 1. The van der Waals surface area contributed by atoms with Crippen molar-refractivity contribution < 1.29 is 8.91 Å². The van der Waals surface area contributed by atoms with E-state index in [9.17, 15) is 4.39 Å². The van der Waals surface area contributed by atoms with Crippen molar-refractivity contribution in [1.82, 2.24) is 25.7 Å². The lowest BCUT2D eigenvalue weighted by atomic mass is 10.1. The van der Waals surface area contributed by atoms with E-state index in [1.165, 1.54) is 6.07 Å². The van der Waals surface area contributed by atoms with Gasteiger partial charge in [-0.05, 0) is 37.6 Å². The van der Waals surface area contributed by atoms with Gasteiger partial charge in [0.15, 0.2) is 5.69 Å². The first-order chi connectivity index (χ1) is 11.2. The van der Waals surface area contributed by atoms with Crippen molar-refractivity contribution in [2.75, 3.05) is 13.1 Å². The van der Waals surface area contributed by atoms with Crippen LogP contribution < -0.4 is 5.32 Å². The van der Waals surface area contributed by atoms with Crippen LogP contribution in [0.15, 0.2) is 28.8 Å². The summed E-state index contributed by atoms with van der Waals surface area (Å²) in [5, 5.41) is 14.5. The van der Waals surface area contributed by atoms with Crippen molar-refractivity contribution in [3.8, 4) is 23.0 Å². The minimum atomic E-state index is -0.287. The molecule has 0 aliphatic carbocycles. The van der Waals surface area contributed by atoms with Crippen molar-refractivity contribution in [2.24, 2.45) is 0 Å². The maximum absolute atomic E-state index is 13.7. The van der Waals surface area contributed by atoms with Gasteiger partial charge < -0.3 is 9.84 Å². The van der Waals surface area contributed by atoms with Gasteiger partial charge in [0.05, 0.1) is 0 Å². The van der Waals surface area contributed by atoms with Crippen LogP contribution in [0.5, 0.6) is 0 Å². The molecular formula is C16H17ClFN5O. The zero-order valence-electron chi connectivity index (χ0n) is 13.0. The highest BCUT2D eigenvalue weighted by atomic mass is 35.5. The molecule has 3 aromatic rings. The Hall–Kier alpha value is -2.25. The molecule has 1 fully saturated rings. The molecular weight excluding hydrogens is 333 g/mol. The lowest BCUT2D eigenvalue weighted by Gasteiger charge is -2.02. The monoisotopic (exact) mass is 349 g/mol. The lowest BCUT2D eigenvalue weighted by Crippen LogP contribution is -2.08. The molecule has 6 nitrogen and oxygen atoms in total. The zero-order valence-corrected chi connectivity index (χ0v) is 13.9. The first-order valence-electron chi connectivity index (χ1n) is 7.57. The van der Waals surface area contributed by atoms with Gasteiger partial charge in [-0.15, -0.1) is 12.4 Å². The Morgan fingerprint density at radius 3 is 2.92 bits per heavy atom. The van der Waals surface area contributed by atoms with Gasteiger partial charge in [-0.3, -0.25) is 5.10 Å². The molecule has 0 amide bonds. The minimum Gasteiger partial charge on any atom is -0.332 e. The Balaban J connectivity index is 0.00000169. The molecule has 2 aromatic heterocycles. The van der Waals surface area contributed by atoms with E-state index in [2.05, 4.69) is 25.7 Å². The summed E-state index contributed by atoms with van der Waals surface area (Å²) < 4.78 is 18.9. The summed E-state index contributed by atoms with van der Waals surface area (Å²) in [4.78, 5) is 4.32. The molecule has 0 spiro atoms. The fraction of sp³-hybridized carbons (Fsp3) is 0.312. The quantitative estimate of drug-likeness (QED) is 0.759. The number of aromatic nitrogens is 4. The van der Waals surface area contributed by atoms with Gasteiger partial charge in [0.25, 0.3) is 5.89 Å². The Bertz CT molecular complexity index is 841. The summed E-state index contributed by atoms with van der Waals surface area (Å²) in [7, 11) is 0. The van der Waals surface area contributed by atoms with E-state index < -0.39 is 0 Å². The SMILES string of the molecule is Cc1ccc(-c2noc(-c3cc(C4CCNC4)[nH]n3)n2)cc1F.Cl. The van der Waals surface area contributed by atoms with Crippen LogP contribution in [0, 0.1) is 12.7 Å². The highest BCUT2D eigenvalue weighted by Crippen LogP contribution is 2.26. The molecule has 1 unspecified atom stereocenters. The number of rotatable bonds is 3. The number of nitrogens with zero attached hydrogens (tertiary/aromatic N) is 3. The molecule has 0 bridgehead atoms. The molecule has 126 valence electrons. The Morgan fingerprint density at radius 1 is 1.29 bits per heavy atom. The topological polar surface area (TPSA) is 79.6 Å². The number of aromatic amines is 1. The highest BCUT2D eigenvalue weighted by molar-refractivity contribution is 5.85. The number of H-pyrrole nitrogens is 1. The number of halogens is 2. The summed E-state index contributed by atoms with van der Waals surface area (Å²) in [6.45, 7) is 3.67. The smallest absolute Gasteiger partial charge is 0.278 e. The van der Waals surface area contributed by atoms with Crippen molar-refractivity contribution in [3.63, 3.8) is 0 Å². The molecule has 8 heteroatoms. The maximum Gasteiger partial charge on any atom is 0.278 e. The predicted molar refractivity (Wildman–Crippen MR) is 89.5 cm³/mol. The fourth-order valence-electron chi connectivity index (χ4n) is 2.75. The van der Waals surface area contributed by atoms with Gasteiger partial charge in [0.2, 0.25) is 5.82 Å². The summed E-state index contributed by atoms with van der Waals surface area (Å²) in [6, 6.07) is 6.81. The number of benzene rings is 1. The average molecular weight is 350 g/mol.